The lowest BCUT2D eigenvalue weighted by Gasteiger charge is -2.24. The number of carbonyl (C=O) groups is 1. The van der Waals surface area contributed by atoms with Gasteiger partial charge < -0.3 is 10.6 Å². The highest BCUT2D eigenvalue weighted by Gasteiger charge is 2.18. The van der Waals surface area contributed by atoms with E-state index in [1.165, 1.54) is 0 Å². The van der Waals surface area contributed by atoms with E-state index >= 15 is 0 Å². The largest absolute Gasteiger partial charge is 0.383 e. The van der Waals surface area contributed by atoms with Crippen LogP contribution in [0.25, 0.3) is 10.9 Å². The highest BCUT2D eigenvalue weighted by atomic mass is 35.5. The number of fused-ring (bicyclic) bond motifs is 1. The standard InChI is InChI=1S/C21H23ClN4O/c1-13(2)11-26(12-18-6-5-17(22)10-24-18)21(27)15-4-7-19-16(9-15)8-14(3)20(23)25-19/h4-10,13H,11-12H2,1-3H3,(H2,23,25). The Bertz CT molecular complexity index is 970. The quantitative estimate of drug-likeness (QED) is 0.706. The summed E-state index contributed by atoms with van der Waals surface area (Å²) in [7, 11) is 0. The van der Waals surface area contributed by atoms with Crippen molar-refractivity contribution in [3.8, 4) is 0 Å². The van der Waals surface area contributed by atoms with E-state index in [0.717, 1.165) is 22.2 Å². The predicted octanol–water partition coefficient (Wildman–Crippen LogP) is 4.47. The molecule has 2 N–H and O–H groups in total. The second-order valence-corrected chi connectivity index (χ2v) is 7.58. The smallest absolute Gasteiger partial charge is 0.254 e. The molecule has 3 rings (SSSR count). The molecule has 0 saturated carbocycles. The monoisotopic (exact) mass is 382 g/mol. The first-order valence-electron chi connectivity index (χ1n) is 8.90. The molecule has 27 heavy (non-hydrogen) atoms. The summed E-state index contributed by atoms with van der Waals surface area (Å²) >= 11 is 5.91. The van der Waals surface area contributed by atoms with Crippen LogP contribution in [0.4, 0.5) is 5.82 Å². The third kappa shape index (κ3) is 4.55. The maximum absolute atomic E-state index is 13.2. The summed E-state index contributed by atoms with van der Waals surface area (Å²) in [5.41, 5.74) is 9.00. The summed E-state index contributed by atoms with van der Waals surface area (Å²) in [5.74, 6) is 0.819. The summed E-state index contributed by atoms with van der Waals surface area (Å²) in [6.45, 7) is 7.16. The molecule has 0 spiro atoms. The molecule has 0 saturated heterocycles. The number of aromatic nitrogens is 2. The molecule has 0 atom stereocenters. The Labute approximate surface area is 164 Å². The van der Waals surface area contributed by atoms with Crippen molar-refractivity contribution < 1.29 is 4.79 Å². The van der Waals surface area contributed by atoms with Crippen LogP contribution in [0, 0.1) is 12.8 Å². The van der Waals surface area contributed by atoms with Gasteiger partial charge in [0.2, 0.25) is 0 Å². The Morgan fingerprint density at radius 2 is 2.00 bits per heavy atom. The maximum atomic E-state index is 13.2. The normalized spacial score (nSPS) is 11.1. The fraction of sp³-hybridized carbons (Fsp3) is 0.286. The third-order valence-corrected chi connectivity index (χ3v) is 4.53. The number of nitrogens with zero attached hydrogens (tertiary/aromatic N) is 3. The number of halogens is 1. The first-order valence-corrected chi connectivity index (χ1v) is 9.28. The molecule has 1 aromatic carbocycles. The van der Waals surface area contributed by atoms with Gasteiger partial charge in [0.15, 0.2) is 0 Å². The predicted molar refractivity (Wildman–Crippen MR) is 110 cm³/mol. The van der Waals surface area contributed by atoms with Gasteiger partial charge in [-0.3, -0.25) is 9.78 Å². The SMILES string of the molecule is Cc1cc2cc(C(=O)N(Cc3ccc(Cl)cn3)CC(C)C)ccc2nc1N. The zero-order chi connectivity index (χ0) is 19.6. The molecule has 0 bridgehead atoms. The Morgan fingerprint density at radius 1 is 1.22 bits per heavy atom. The molecule has 2 aromatic heterocycles. The van der Waals surface area contributed by atoms with Crippen molar-refractivity contribution in [1.29, 1.82) is 0 Å². The van der Waals surface area contributed by atoms with Crippen LogP contribution < -0.4 is 5.73 Å². The zero-order valence-electron chi connectivity index (χ0n) is 15.7. The lowest BCUT2D eigenvalue weighted by atomic mass is 10.1. The van der Waals surface area contributed by atoms with E-state index in [9.17, 15) is 4.79 Å². The molecule has 0 unspecified atom stereocenters. The molecule has 1 amide bonds. The number of rotatable bonds is 5. The van der Waals surface area contributed by atoms with Crippen molar-refractivity contribution >= 4 is 34.2 Å². The second kappa shape index (κ2) is 7.92. The molecule has 2 heterocycles. The topological polar surface area (TPSA) is 72.1 Å². The number of nitrogens with two attached hydrogens (primary N) is 1. The molecule has 0 aliphatic carbocycles. The molecule has 6 heteroatoms. The number of aryl methyl sites for hydroxylation is 1. The summed E-state index contributed by atoms with van der Waals surface area (Å²) in [6, 6.07) is 11.1. The van der Waals surface area contributed by atoms with Crippen LogP contribution in [0.2, 0.25) is 5.02 Å². The molecular formula is C21H23ClN4O. The minimum absolute atomic E-state index is 0.0307. The molecule has 5 nitrogen and oxygen atoms in total. The summed E-state index contributed by atoms with van der Waals surface area (Å²) in [6.07, 6.45) is 1.60. The van der Waals surface area contributed by atoms with Gasteiger partial charge in [-0.2, -0.15) is 0 Å². The molecule has 0 aliphatic heterocycles. The summed E-state index contributed by atoms with van der Waals surface area (Å²) in [4.78, 5) is 23.7. The lowest BCUT2D eigenvalue weighted by molar-refractivity contribution is 0.0720. The summed E-state index contributed by atoms with van der Waals surface area (Å²) in [5, 5.41) is 1.49. The average Bonchev–Trinajstić information content (AvgIpc) is 2.62. The maximum Gasteiger partial charge on any atom is 0.254 e. The van der Waals surface area contributed by atoms with Crippen molar-refractivity contribution in [3.05, 3.63) is 64.4 Å². The van der Waals surface area contributed by atoms with Gasteiger partial charge in [-0.05, 0) is 54.8 Å². The molecule has 0 aliphatic rings. The fourth-order valence-electron chi connectivity index (χ4n) is 2.97. The van der Waals surface area contributed by atoms with Crippen molar-refractivity contribution in [2.24, 2.45) is 5.92 Å². The molecule has 0 radical (unpaired) electrons. The van der Waals surface area contributed by atoms with Gasteiger partial charge in [0.05, 0.1) is 22.8 Å². The Kier molecular flexibility index (Phi) is 5.61. The number of pyridine rings is 2. The molecule has 0 fully saturated rings. The lowest BCUT2D eigenvalue weighted by Crippen LogP contribution is -2.34. The number of carbonyl (C=O) groups excluding carboxylic acids is 1. The van der Waals surface area contributed by atoms with E-state index in [0.29, 0.717) is 35.4 Å². The van der Waals surface area contributed by atoms with E-state index in [-0.39, 0.29) is 5.91 Å². The van der Waals surface area contributed by atoms with Crippen LogP contribution in [0.5, 0.6) is 0 Å². The number of benzene rings is 1. The summed E-state index contributed by atoms with van der Waals surface area (Å²) < 4.78 is 0. The minimum atomic E-state index is -0.0307. The van der Waals surface area contributed by atoms with Crippen LogP contribution >= 0.6 is 11.6 Å². The third-order valence-electron chi connectivity index (χ3n) is 4.31. The fourth-order valence-corrected chi connectivity index (χ4v) is 3.08. The zero-order valence-corrected chi connectivity index (χ0v) is 16.5. The Morgan fingerprint density at radius 3 is 2.67 bits per heavy atom. The highest BCUT2D eigenvalue weighted by molar-refractivity contribution is 6.30. The van der Waals surface area contributed by atoms with Crippen LogP contribution in [-0.2, 0) is 6.54 Å². The number of amides is 1. The van der Waals surface area contributed by atoms with E-state index in [4.69, 9.17) is 17.3 Å². The number of hydrogen-bond donors (Lipinski definition) is 1. The highest BCUT2D eigenvalue weighted by Crippen LogP contribution is 2.21. The first kappa shape index (κ1) is 19.1. The Balaban J connectivity index is 1.91. The number of anilines is 1. The van der Waals surface area contributed by atoms with Crippen molar-refractivity contribution in [2.75, 3.05) is 12.3 Å². The van der Waals surface area contributed by atoms with Crippen LogP contribution in [0.15, 0.2) is 42.6 Å². The van der Waals surface area contributed by atoms with E-state index in [1.807, 2.05) is 36.1 Å². The molecule has 140 valence electrons. The molecular weight excluding hydrogens is 360 g/mol. The van der Waals surface area contributed by atoms with E-state index < -0.39 is 0 Å². The van der Waals surface area contributed by atoms with Gasteiger partial charge >= 0.3 is 0 Å². The molecule has 3 aromatic rings. The van der Waals surface area contributed by atoms with Gasteiger partial charge in [0.25, 0.3) is 5.91 Å². The Hall–Kier alpha value is -2.66. The van der Waals surface area contributed by atoms with E-state index in [1.54, 1.807) is 18.3 Å². The van der Waals surface area contributed by atoms with Crippen molar-refractivity contribution in [1.82, 2.24) is 14.9 Å². The number of hydrogen-bond acceptors (Lipinski definition) is 4. The number of nitrogen functional groups attached to an aromatic ring is 1. The average molecular weight is 383 g/mol. The van der Waals surface area contributed by atoms with Crippen LogP contribution in [-0.4, -0.2) is 27.3 Å². The van der Waals surface area contributed by atoms with E-state index in [2.05, 4.69) is 23.8 Å². The minimum Gasteiger partial charge on any atom is -0.383 e. The van der Waals surface area contributed by atoms with Gasteiger partial charge in [-0.15, -0.1) is 0 Å². The first-order chi connectivity index (χ1) is 12.8. The van der Waals surface area contributed by atoms with Crippen molar-refractivity contribution in [3.63, 3.8) is 0 Å². The second-order valence-electron chi connectivity index (χ2n) is 7.15. The van der Waals surface area contributed by atoms with Gasteiger partial charge in [0, 0.05) is 23.7 Å². The van der Waals surface area contributed by atoms with Gasteiger partial charge in [-0.25, -0.2) is 4.98 Å². The van der Waals surface area contributed by atoms with Crippen LogP contribution in [0.3, 0.4) is 0 Å². The van der Waals surface area contributed by atoms with Crippen molar-refractivity contribution in [2.45, 2.75) is 27.3 Å². The van der Waals surface area contributed by atoms with Crippen LogP contribution in [0.1, 0.15) is 35.5 Å². The van der Waals surface area contributed by atoms with Gasteiger partial charge in [-0.1, -0.05) is 25.4 Å². The van der Waals surface area contributed by atoms with Gasteiger partial charge in [0.1, 0.15) is 5.82 Å².